The molecule has 2 aliphatic rings. The van der Waals surface area contributed by atoms with E-state index in [1.165, 1.54) is 17.7 Å². The Labute approximate surface area is 217 Å². The first-order valence-corrected chi connectivity index (χ1v) is 12.4. The molecule has 0 radical (unpaired) electrons. The lowest BCUT2D eigenvalue weighted by Crippen LogP contribution is -2.15. The van der Waals surface area contributed by atoms with Gasteiger partial charge in [0.2, 0.25) is 5.91 Å². The fourth-order valence-corrected chi connectivity index (χ4v) is 5.41. The van der Waals surface area contributed by atoms with Gasteiger partial charge in [-0.1, -0.05) is 24.3 Å². The maximum Gasteiger partial charge on any atom is 0.416 e. The molecule has 2 aromatic heterocycles. The van der Waals surface area contributed by atoms with E-state index in [0.29, 0.717) is 29.0 Å². The van der Waals surface area contributed by atoms with Crippen LogP contribution in [0.3, 0.4) is 0 Å². The zero-order valence-electron chi connectivity index (χ0n) is 20.6. The lowest BCUT2D eigenvalue weighted by molar-refractivity contribution is -0.137. The van der Waals surface area contributed by atoms with E-state index in [0.717, 1.165) is 47.7 Å². The highest BCUT2D eigenvalue weighted by Gasteiger charge is 2.55. The minimum absolute atomic E-state index is 0.170. The number of fused-ring (bicyclic) bond motifs is 1. The second-order valence-electron chi connectivity index (χ2n) is 9.95. The minimum atomic E-state index is -4.45. The Kier molecular flexibility index (Phi) is 6.03. The summed E-state index contributed by atoms with van der Waals surface area (Å²) in [5.41, 5.74) is 5.08. The van der Waals surface area contributed by atoms with Crippen LogP contribution >= 0.6 is 0 Å². The molecule has 194 valence electrons. The summed E-state index contributed by atoms with van der Waals surface area (Å²) in [6.07, 6.45) is 2.84. The van der Waals surface area contributed by atoms with Crippen molar-refractivity contribution >= 4 is 11.6 Å². The number of aromatic nitrogens is 3. The van der Waals surface area contributed by atoms with Gasteiger partial charge in [0.05, 0.1) is 37.1 Å². The summed E-state index contributed by atoms with van der Waals surface area (Å²) in [6, 6.07) is 12.3. The first kappa shape index (κ1) is 24.4. The molecule has 3 heterocycles. The van der Waals surface area contributed by atoms with Crippen molar-refractivity contribution in [2.24, 2.45) is 11.8 Å². The fourth-order valence-electron chi connectivity index (χ4n) is 5.41. The van der Waals surface area contributed by atoms with Crippen molar-refractivity contribution in [2.45, 2.75) is 25.4 Å². The molecular weight excluding hydrogens is 493 g/mol. The van der Waals surface area contributed by atoms with E-state index >= 15 is 0 Å². The molecule has 38 heavy (non-hydrogen) atoms. The smallest absolute Gasteiger partial charge is 0.381 e. The highest BCUT2D eigenvalue weighted by Crippen LogP contribution is 2.58. The predicted molar refractivity (Wildman–Crippen MR) is 136 cm³/mol. The molecular formula is C29H25F3N4O2. The first-order valence-electron chi connectivity index (χ1n) is 12.4. The molecule has 9 heteroatoms. The predicted octanol–water partition coefficient (Wildman–Crippen LogP) is 5.80. The quantitative estimate of drug-likeness (QED) is 0.350. The van der Waals surface area contributed by atoms with Gasteiger partial charge in [-0.3, -0.25) is 9.78 Å². The third-order valence-electron chi connectivity index (χ3n) is 7.42. The van der Waals surface area contributed by atoms with E-state index in [1.54, 1.807) is 10.7 Å². The Hall–Kier alpha value is -3.98. The van der Waals surface area contributed by atoms with Crippen molar-refractivity contribution in [3.8, 4) is 16.8 Å². The number of hydrogen-bond donors (Lipinski definition) is 1. The molecule has 6 nitrogen and oxygen atoms in total. The fraction of sp³-hybridized carbons (Fsp3) is 0.276. The second-order valence-corrected chi connectivity index (χ2v) is 9.95. The van der Waals surface area contributed by atoms with Gasteiger partial charge in [-0.05, 0) is 65.6 Å². The van der Waals surface area contributed by atoms with E-state index in [-0.39, 0.29) is 6.42 Å². The van der Waals surface area contributed by atoms with Crippen molar-refractivity contribution in [3.63, 3.8) is 0 Å². The third-order valence-corrected chi connectivity index (χ3v) is 7.42. The molecule has 1 aliphatic carbocycles. The molecule has 1 amide bonds. The number of pyridine rings is 1. The van der Waals surface area contributed by atoms with Crippen LogP contribution in [0.15, 0.2) is 73.3 Å². The maximum absolute atomic E-state index is 13.0. The molecule has 2 aromatic carbocycles. The molecule has 1 N–H and O–H groups in total. The number of rotatable bonds is 6. The van der Waals surface area contributed by atoms with Gasteiger partial charge in [0.25, 0.3) is 0 Å². The Morgan fingerprint density at radius 3 is 2.71 bits per heavy atom. The lowest BCUT2D eigenvalue weighted by atomic mass is 9.99. The second kappa shape index (κ2) is 9.40. The van der Waals surface area contributed by atoms with Gasteiger partial charge in [0.1, 0.15) is 0 Å². The normalized spacial score (nSPS) is 20.3. The Bertz CT molecular complexity index is 1500. The number of alkyl halides is 3. The van der Waals surface area contributed by atoms with Crippen LogP contribution in [0.2, 0.25) is 0 Å². The molecule has 1 saturated heterocycles. The first-order chi connectivity index (χ1) is 18.3. The number of anilines is 1. The molecule has 2 unspecified atom stereocenters. The van der Waals surface area contributed by atoms with E-state index in [1.807, 2.05) is 43.8 Å². The number of nitrogens with one attached hydrogen (secondary N) is 1. The summed E-state index contributed by atoms with van der Waals surface area (Å²) in [4.78, 5) is 17.0. The zero-order valence-corrected chi connectivity index (χ0v) is 20.6. The largest absolute Gasteiger partial charge is 0.416 e. The lowest BCUT2D eigenvalue weighted by Gasteiger charge is -2.12. The van der Waals surface area contributed by atoms with Crippen LogP contribution in [0.4, 0.5) is 18.9 Å². The van der Waals surface area contributed by atoms with Crippen molar-refractivity contribution in [3.05, 3.63) is 95.6 Å². The number of carbonyl (C=O) groups excluding carboxylic acids is 1. The number of hydrogen-bond acceptors (Lipinski definition) is 4. The van der Waals surface area contributed by atoms with Crippen molar-refractivity contribution < 1.29 is 22.7 Å². The van der Waals surface area contributed by atoms with E-state index < -0.39 is 17.6 Å². The Morgan fingerprint density at radius 2 is 1.92 bits per heavy atom. The van der Waals surface area contributed by atoms with Gasteiger partial charge in [-0.2, -0.15) is 18.3 Å². The zero-order chi connectivity index (χ0) is 26.4. The summed E-state index contributed by atoms with van der Waals surface area (Å²) >= 11 is 0. The van der Waals surface area contributed by atoms with Crippen LogP contribution in [0, 0.1) is 18.8 Å². The molecule has 1 aliphatic heterocycles. The van der Waals surface area contributed by atoms with Gasteiger partial charge < -0.3 is 10.1 Å². The number of aryl methyl sites for hydroxylation is 1. The third kappa shape index (κ3) is 4.69. The summed E-state index contributed by atoms with van der Waals surface area (Å²) in [6.45, 7) is 3.56. The summed E-state index contributed by atoms with van der Waals surface area (Å²) in [5, 5.41) is 7.38. The number of nitrogens with zero attached hydrogens (tertiary/aromatic N) is 3. The van der Waals surface area contributed by atoms with Crippen LogP contribution in [0.5, 0.6) is 0 Å². The van der Waals surface area contributed by atoms with E-state index in [2.05, 4.69) is 21.5 Å². The molecule has 4 aromatic rings. The average molecular weight is 519 g/mol. The SMILES string of the molecule is Cc1ccc(NC(=O)Cc2cccc(C(F)(F)F)c2)cc1-n1cc(-c2cnccc2C2C3COCC32)cn1. The Morgan fingerprint density at radius 1 is 1.11 bits per heavy atom. The summed E-state index contributed by atoms with van der Waals surface area (Å²) in [5.74, 6) is 1.23. The maximum atomic E-state index is 13.0. The van der Waals surface area contributed by atoms with Gasteiger partial charge in [-0.15, -0.1) is 0 Å². The number of carbonyl (C=O) groups is 1. The van der Waals surface area contributed by atoms with Crippen LogP contribution in [-0.2, 0) is 22.1 Å². The monoisotopic (exact) mass is 518 g/mol. The van der Waals surface area contributed by atoms with Crippen LogP contribution in [0.1, 0.15) is 28.2 Å². The van der Waals surface area contributed by atoms with E-state index in [9.17, 15) is 18.0 Å². The van der Waals surface area contributed by atoms with Crippen LogP contribution in [-0.4, -0.2) is 33.9 Å². The van der Waals surface area contributed by atoms with E-state index in [4.69, 9.17) is 4.74 Å². The molecule has 6 rings (SSSR count). The molecule has 2 fully saturated rings. The number of benzene rings is 2. The number of ether oxygens (including phenoxy) is 1. The minimum Gasteiger partial charge on any atom is -0.381 e. The number of amides is 1. The highest BCUT2D eigenvalue weighted by molar-refractivity contribution is 5.92. The summed E-state index contributed by atoms with van der Waals surface area (Å²) in [7, 11) is 0. The topological polar surface area (TPSA) is 69.0 Å². The summed E-state index contributed by atoms with van der Waals surface area (Å²) < 4.78 is 46.3. The highest BCUT2D eigenvalue weighted by atomic mass is 19.4. The molecule has 2 atom stereocenters. The van der Waals surface area contributed by atoms with Gasteiger partial charge in [-0.25, -0.2) is 4.68 Å². The molecule has 0 spiro atoms. The van der Waals surface area contributed by atoms with Crippen molar-refractivity contribution in [1.29, 1.82) is 0 Å². The average Bonchev–Trinajstić information content (AvgIpc) is 3.23. The standard InChI is InChI=1S/C29H25F3N4O2/c1-17-5-6-21(35-27(37)10-18-3-2-4-20(9-18)29(30,31)32)11-26(17)36-14-19(12-34-36)23-13-33-8-7-22(23)28-24-15-38-16-25(24)28/h2-9,11-14,24-25,28H,10,15-16H2,1H3,(H,35,37). The van der Waals surface area contributed by atoms with Crippen molar-refractivity contribution in [2.75, 3.05) is 18.5 Å². The number of halogens is 3. The van der Waals surface area contributed by atoms with Gasteiger partial charge in [0.15, 0.2) is 0 Å². The van der Waals surface area contributed by atoms with Crippen molar-refractivity contribution in [1.82, 2.24) is 14.8 Å². The van der Waals surface area contributed by atoms with Gasteiger partial charge in [0, 0.05) is 35.4 Å². The van der Waals surface area contributed by atoms with Crippen LogP contribution in [0.25, 0.3) is 16.8 Å². The molecule has 1 saturated carbocycles. The Balaban J connectivity index is 1.20. The molecule has 0 bridgehead atoms. The van der Waals surface area contributed by atoms with Gasteiger partial charge >= 0.3 is 6.18 Å². The van der Waals surface area contributed by atoms with Crippen LogP contribution < -0.4 is 5.32 Å².